The fourth-order valence-corrected chi connectivity index (χ4v) is 22.1. The Morgan fingerprint density at radius 1 is 0.415 bits per heavy atom. The molecule has 94 heavy (non-hydrogen) atoms. The number of fused-ring (bicyclic) bond motifs is 10. The second kappa shape index (κ2) is 28.4. The Bertz CT molecular complexity index is 3310. The predicted molar refractivity (Wildman–Crippen MR) is 377 cm³/mol. The molecule has 8 aliphatic rings. The molecular weight excluding hydrogens is 1170 g/mol. The molecule has 8 fully saturated rings. The van der Waals surface area contributed by atoms with Crippen LogP contribution in [0.2, 0.25) is 0 Å². The minimum atomic E-state index is -0.313. The number of ether oxygens (including phenoxy) is 4. The monoisotopic (exact) mass is 1280 g/mol. The molecule has 20 atom stereocenters. The number of anilines is 4. The second-order valence-electron chi connectivity index (χ2n) is 33.0. The second-order valence-corrected chi connectivity index (χ2v) is 33.0. The quantitative estimate of drug-likeness (QED) is 0.0337. The van der Waals surface area contributed by atoms with Crippen LogP contribution < -0.4 is 22.9 Å². The Kier molecular flexibility index (Phi) is 20.9. The van der Waals surface area contributed by atoms with E-state index in [1.807, 2.05) is 0 Å². The number of carbonyl (C=O) groups excluding carboxylic acids is 4. The van der Waals surface area contributed by atoms with Gasteiger partial charge in [-0.3, -0.25) is 0 Å². The number of nitrogen functional groups attached to an aromatic ring is 4. The van der Waals surface area contributed by atoms with E-state index in [-0.39, 0.29) is 71.0 Å². The minimum absolute atomic E-state index is 0.0214. The maximum atomic E-state index is 13.7. The molecule has 0 radical (unpaired) electrons. The van der Waals surface area contributed by atoms with Crippen molar-refractivity contribution < 1.29 is 38.1 Å². The van der Waals surface area contributed by atoms with Gasteiger partial charge in [0.2, 0.25) is 0 Å². The average molecular weight is 1280 g/mol. The molecule has 8 N–H and O–H groups in total. The number of hydrogen-bond acceptors (Lipinski definition) is 12. The van der Waals surface area contributed by atoms with Crippen molar-refractivity contribution in [3.8, 4) is 0 Å². The van der Waals surface area contributed by atoms with Crippen molar-refractivity contribution in [2.75, 3.05) is 22.9 Å². The Balaban J connectivity index is 0.000000192. The molecule has 0 bridgehead atoms. The van der Waals surface area contributed by atoms with Gasteiger partial charge in [-0.05, 0) is 313 Å². The fraction of sp³-hybridized carbons (Fsp3) is 0.634. The van der Waals surface area contributed by atoms with Gasteiger partial charge in [-0.15, -0.1) is 0 Å². The maximum absolute atomic E-state index is 13.7. The normalized spacial score (nSPS) is 35.2. The molecule has 0 spiro atoms. The van der Waals surface area contributed by atoms with Crippen molar-refractivity contribution >= 4 is 46.6 Å². The zero-order chi connectivity index (χ0) is 67.0. The van der Waals surface area contributed by atoms with Crippen molar-refractivity contribution in [2.24, 2.45) is 98.6 Å². The van der Waals surface area contributed by atoms with Crippen LogP contribution in [0, 0.1) is 98.6 Å². The van der Waals surface area contributed by atoms with Crippen LogP contribution in [0.3, 0.4) is 0 Å². The van der Waals surface area contributed by atoms with Crippen LogP contribution in [-0.2, 0) is 18.9 Å². The van der Waals surface area contributed by atoms with Crippen molar-refractivity contribution in [2.45, 2.75) is 228 Å². The first-order valence-corrected chi connectivity index (χ1v) is 36.7. The van der Waals surface area contributed by atoms with Crippen LogP contribution in [0.4, 0.5) is 22.7 Å². The van der Waals surface area contributed by atoms with Crippen LogP contribution in [-0.4, -0.2) is 48.3 Å². The van der Waals surface area contributed by atoms with E-state index in [4.69, 9.17) is 41.9 Å². The van der Waals surface area contributed by atoms with E-state index in [1.54, 1.807) is 97.1 Å². The summed E-state index contributed by atoms with van der Waals surface area (Å²) in [6.45, 7) is 24.2. The number of rotatable bonds is 17. The summed E-state index contributed by atoms with van der Waals surface area (Å²) in [6.07, 6.45) is 25.1. The van der Waals surface area contributed by atoms with Gasteiger partial charge in [0.05, 0.1) is 22.3 Å². The SMILES string of the molecule is CC(C)=CCCC(C)C1CCC2C3CC(OC(=O)c4ccc(N)cc4)C4CC(OC(=O)c5ccc(N)cc5)CCC4(C)C3CCC12C.CC(C)CCCC(C)C1CCC2C3CC(OC(=O)c4ccc(N)cc4)C4CC(OC(=O)c5ccc(N)cc5)CCC4(C)C3CCC12C. The molecule has 510 valence electrons. The van der Waals surface area contributed by atoms with E-state index < -0.39 is 0 Å². The number of hydrogen-bond donors (Lipinski definition) is 4. The van der Waals surface area contributed by atoms with Gasteiger partial charge < -0.3 is 41.9 Å². The Hall–Kier alpha value is -6.30. The van der Waals surface area contributed by atoms with Crippen molar-refractivity contribution in [1.82, 2.24) is 0 Å². The predicted octanol–water partition coefficient (Wildman–Crippen LogP) is 18.6. The summed E-state index contributed by atoms with van der Waals surface area (Å²) in [5.74, 6) is 6.37. The van der Waals surface area contributed by atoms with Crippen molar-refractivity contribution in [1.29, 1.82) is 0 Å². The third kappa shape index (κ3) is 14.3. The lowest BCUT2D eigenvalue weighted by molar-refractivity contribution is -0.174. The highest BCUT2D eigenvalue weighted by atomic mass is 16.6. The van der Waals surface area contributed by atoms with Crippen molar-refractivity contribution in [3.63, 3.8) is 0 Å². The molecule has 0 heterocycles. The highest BCUT2D eigenvalue weighted by Gasteiger charge is 2.65. The summed E-state index contributed by atoms with van der Waals surface area (Å²) in [5.41, 5.74) is 30.3. The molecule has 20 unspecified atom stereocenters. The highest BCUT2D eigenvalue weighted by molar-refractivity contribution is 5.91. The number of esters is 4. The molecule has 4 aromatic carbocycles. The number of benzene rings is 4. The van der Waals surface area contributed by atoms with Gasteiger partial charge in [0.15, 0.2) is 0 Å². The molecule has 0 aromatic heterocycles. The van der Waals surface area contributed by atoms with E-state index in [1.165, 1.54) is 89.0 Å². The molecular formula is C82H114N4O8. The first-order chi connectivity index (χ1) is 44.8. The van der Waals surface area contributed by atoms with Gasteiger partial charge in [-0.1, -0.05) is 86.3 Å². The molecule has 8 aliphatic carbocycles. The molecule has 0 amide bonds. The number of nitrogens with two attached hydrogens (primary N) is 4. The molecule has 0 aliphatic heterocycles. The summed E-state index contributed by atoms with van der Waals surface area (Å²) < 4.78 is 25.4. The van der Waals surface area contributed by atoms with E-state index in [0.29, 0.717) is 104 Å². The molecule has 0 saturated heterocycles. The third-order valence-electron chi connectivity index (χ3n) is 27.0. The molecule has 12 heteroatoms. The van der Waals surface area contributed by atoms with Gasteiger partial charge in [-0.25, -0.2) is 19.2 Å². The van der Waals surface area contributed by atoms with Crippen LogP contribution >= 0.6 is 0 Å². The van der Waals surface area contributed by atoms with Gasteiger partial charge in [0, 0.05) is 34.6 Å². The van der Waals surface area contributed by atoms with E-state index in [0.717, 1.165) is 68.6 Å². The fourth-order valence-electron chi connectivity index (χ4n) is 22.1. The molecule has 8 saturated carbocycles. The Morgan fingerprint density at radius 3 is 1.10 bits per heavy atom. The lowest BCUT2D eigenvalue weighted by Crippen LogP contribution is -2.59. The summed E-state index contributed by atoms with van der Waals surface area (Å²) in [6, 6.07) is 27.9. The van der Waals surface area contributed by atoms with Crippen molar-refractivity contribution in [3.05, 3.63) is 131 Å². The van der Waals surface area contributed by atoms with Crippen LogP contribution in [0.5, 0.6) is 0 Å². The smallest absolute Gasteiger partial charge is 0.338 e. The lowest BCUT2D eigenvalue weighted by atomic mass is 9.43. The van der Waals surface area contributed by atoms with Gasteiger partial charge >= 0.3 is 23.9 Å². The Labute approximate surface area is 562 Å². The first kappa shape index (κ1) is 69.1. The van der Waals surface area contributed by atoms with Gasteiger partial charge in [0.1, 0.15) is 24.4 Å². The van der Waals surface area contributed by atoms with E-state index in [9.17, 15) is 19.2 Å². The first-order valence-electron chi connectivity index (χ1n) is 36.7. The summed E-state index contributed by atoms with van der Waals surface area (Å²) in [7, 11) is 0. The maximum Gasteiger partial charge on any atom is 0.338 e. The van der Waals surface area contributed by atoms with Crippen LogP contribution in [0.1, 0.15) is 246 Å². The molecule has 12 rings (SSSR count). The minimum Gasteiger partial charge on any atom is -0.459 e. The van der Waals surface area contributed by atoms with Crippen LogP contribution in [0.25, 0.3) is 0 Å². The largest absolute Gasteiger partial charge is 0.459 e. The summed E-state index contributed by atoms with van der Waals surface area (Å²) in [4.78, 5) is 53.6. The number of allylic oxidation sites excluding steroid dienone is 2. The Morgan fingerprint density at radius 2 is 0.745 bits per heavy atom. The molecule has 4 aromatic rings. The van der Waals surface area contributed by atoms with Gasteiger partial charge in [0.25, 0.3) is 0 Å². The topological polar surface area (TPSA) is 209 Å². The zero-order valence-corrected chi connectivity index (χ0v) is 58.6. The molecule has 12 nitrogen and oxygen atoms in total. The summed E-state index contributed by atoms with van der Waals surface area (Å²) in [5, 5.41) is 0. The summed E-state index contributed by atoms with van der Waals surface area (Å²) >= 11 is 0. The van der Waals surface area contributed by atoms with E-state index >= 15 is 0 Å². The highest BCUT2D eigenvalue weighted by Crippen LogP contribution is 2.71. The average Bonchev–Trinajstić information content (AvgIpc) is 1.27. The lowest BCUT2D eigenvalue weighted by Gasteiger charge is -2.62. The van der Waals surface area contributed by atoms with Gasteiger partial charge in [-0.2, -0.15) is 0 Å². The zero-order valence-electron chi connectivity index (χ0n) is 58.6. The third-order valence-corrected chi connectivity index (χ3v) is 27.0. The number of carbonyl (C=O) groups is 4. The van der Waals surface area contributed by atoms with Crippen LogP contribution in [0.15, 0.2) is 109 Å². The standard InChI is InChI=1S/C41H58N2O4.C41H56N2O4/c2*1-25(2)7-6-8-26(3)33-17-18-34-32-24-37(47-39(45)28-11-15-30(43)16-12-28)36-23-31(46-38(44)27-9-13-29(42)14-10-27)19-21-41(36,5)35(32)20-22-40(33,34)4/h9-16,25-26,31-37H,6-8,17-24,42-43H2,1-5H3;7,9-16,26,31-37H,6,8,17-24,42-43H2,1-5H3. The van der Waals surface area contributed by atoms with E-state index in [2.05, 4.69) is 75.3 Å².